The van der Waals surface area contributed by atoms with Crippen LogP contribution in [0.3, 0.4) is 0 Å². The van der Waals surface area contributed by atoms with Gasteiger partial charge in [-0.3, -0.25) is 0 Å². The van der Waals surface area contributed by atoms with Crippen LogP contribution in [-0.4, -0.2) is 30.8 Å². The van der Waals surface area contributed by atoms with Crippen LogP contribution < -0.4 is 5.32 Å². The minimum absolute atomic E-state index is 0.384. The Morgan fingerprint density at radius 1 is 1.33 bits per heavy atom. The average Bonchev–Trinajstić information content (AvgIpc) is 2.82. The molecule has 96 valence electrons. The Morgan fingerprint density at radius 3 is 2.83 bits per heavy atom. The van der Waals surface area contributed by atoms with Crippen LogP contribution in [0, 0.1) is 5.92 Å². The molecule has 2 heterocycles. The zero-order valence-electron chi connectivity index (χ0n) is 10.2. The van der Waals surface area contributed by atoms with E-state index in [1.54, 1.807) is 6.07 Å². The number of nitrogens with one attached hydrogen (secondary N) is 1. The van der Waals surface area contributed by atoms with E-state index in [-0.39, 0.29) is 0 Å². The van der Waals surface area contributed by atoms with E-state index in [0.717, 1.165) is 38.3 Å². The van der Waals surface area contributed by atoms with Crippen LogP contribution >= 0.6 is 0 Å². The van der Waals surface area contributed by atoms with Gasteiger partial charge in [-0.25, -0.2) is 4.79 Å². The molecule has 18 heavy (non-hydrogen) atoms. The molecule has 1 aromatic rings. The summed E-state index contributed by atoms with van der Waals surface area (Å²) in [6.45, 7) is 2.58. The highest BCUT2D eigenvalue weighted by molar-refractivity contribution is 5.88. The molecule has 0 saturated carbocycles. The van der Waals surface area contributed by atoms with Crippen LogP contribution in [0.25, 0.3) is 0 Å². The van der Waals surface area contributed by atoms with Crippen molar-refractivity contribution >= 4 is 11.7 Å². The van der Waals surface area contributed by atoms with E-state index in [9.17, 15) is 4.79 Å². The smallest absolute Gasteiger partial charge is 0.335 e. The van der Waals surface area contributed by atoms with Gasteiger partial charge in [-0.15, -0.1) is 0 Å². The van der Waals surface area contributed by atoms with Crippen LogP contribution in [-0.2, 0) is 4.74 Å². The van der Waals surface area contributed by atoms with Crippen molar-refractivity contribution in [2.75, 3.05) is 25.1 Å². The number of carbonyl (C=O) groups is 1. The lowest BCUT2D eigenvalue weighted by Gasteiger charge is -2.27. The van der Waals surface area contributed by atoms with Gasteiger partial charge >= 0.3 is 5.97 Å². The van der Waals surface area contributed by atoms with Gasteiger partial charge in [0.1, 0.15) is 0 Å². The second-order valence-corrected chi connectivity index (χ2v) is 5.04. The number of carboxylic acids is 1. The summed E-state index contributed by atoms with van der Waals surface area (Å²) in [7, 11) is 0. The minimum atomic E-state index is -0.851. The van der Waals surface area contributed by atoms with Gasteiger partial charge in [-0.1, -0.05) is 0 Å². The molecule has 2 aliphatic heterocycles. The molecule has 1 atom stereocenters. The molecule has 0 unspecified atom stereocenters. The lowest BCUT2D eigenvalue weighted by atomic mass is 9.82. The van der Waals surface area contributed by atoms with Gasteiger partial charge in [0.15, 0.2) is 0 Å². The number of carboxylic acid groups (broad SMARTS) is 1. The normalized spacial score (nSPS) is 23.4. The van der Waals surface area contributed by atoms with Crippen molar-refractivity contribution in [2.24, 2.45) is 5.92 Å². The van der Waals surface area contributed by atoms with Crippen molar-refractivity contribution in [1.29, 1.82) is 0 Å². The van der Waals surface area contributed by atoms with E-state index in [1.807, 2.05) is 12.1 Å². The summed E-state index contributed by atoms with van der Waals surface area (Å²) in [4.78, 5) is 11.0. The molecule has 0 bridgehead atoms. The Balaban J connectivity index is 1.89. The molecule has 0 radical (unpaired) electrons. The standard InChI is InChI=1S/C14H17NO3/c16-14(17)10-1-2-13-11(7-10)12(8-15-13)9-3-5-18-6-4-9/h1-2,7,9,12,15H,3-6,8H2,(H,16,17)/t12-/m0/s1. The monoisotopic (exact) mass is 247 g/mol. The quantitative estimate of drug-likeness (QED) is 0.842. The fourth-order valence-corrected chi connectivity index (χ4v) is 3.03. The van der Waals surface area contributed by atoms with Crippen LogP contribution in [0.4, 0.5) is 5.69 Å². The largest absolute Gasteiger partial charge is 0.478 e. The maximum Gasteiger partial charge on any atom is 0.335 e. The number of rotatable bonds is 2. The minimum Gasteiger partial charge on any atom is -0.478 e. The predicted molar refractivity (Wildman–Crippen MR) is 68.2 cm³/mol. The first-order valence-corrected chi connectivity index (χ1v) is 6.44. The molecular weight excluding hydrogens is 230 g/mol. The van der Waals surface area contributed by atoms with E-state index in [4.69, 9.17) is 9.84 Å². The summed E-state index contributed by atoms with van der Waals surface area (Å²) in [6, 6.07) is 5.39. The van der Waals surface area contributed by atoms with Crippen LogP contribution in [0.1, 0.15) is 34.7 Å². The van der Waals surface area contributed by atoms with Crippen molar-refractivity contribution in [1.82, 2.24) is 0 Å². The SMILES string of the molecule is O=C(O)c1ccc2c(c1)[C@H](C1CCOCC1)CN2. The molecule has 0 amide bonds. The molecule has 3 rings (SSSR count). The molecule has 2 N–H and O–H groups in total. The van der Waals surface area contributed by atoms with Crippen LogP contribution in [0.5, 0.6) is 0 Å². The van der Waals surface area contributed by atoms with Crippen LogP contribution in [0.15, 0.2) is 18.2 Å². The summed E-state index contributed by atoms with van der Waals surface area (Å²) in [5.74, 6) is 0.190. The second kappa shape index (κ2) is 4.61. The van der Waals surface area contributed by atoms with Crippen molar-refractivity contribution in [3.05, 3.63) is 29.3 Å². The molecule has 2 aliphatic rings. The first kappa shape index (κ1) is 11.5. The average molecular weight is 247 g/mol. The van der Waals surface area contributed by atoms with Gasteiger partial charge in [0.2, 0.25) is 0 Å². The third-order valence-electron chi connectivity index (χ3n) is 4.05. The molecule has 0 aliphatic carbocycles. The van der Waals surface area contributed by atoms with E-state index in [0.29, 0.717) is 17.4 Å². The van der Waals surface area contributed by atoms with Gasteiger partial charge in [-0.05, 0) is 42.5 Å². The highest BCUT2D eigenvalue weighted by atomic mass is 16.5. The first-order valence-electron chi connectivity index (χ1n) is 6.44. The predicted octanol–water partition coefficient (Wildman–Crippen LogP) is 2.32. The molecule has 0 aromatic heterocycles. The van der Waals surface area contributed by atoms with Crippen molar-refractivity contribution < 1.29 is 14.6 Å². The van der Waals surface area contributed by atoms with Crippen molar-refractivity contribution in [2.45, 2.75) is 18.8 Å². The Morgan fingerprint density at radius 2 is 2.11 bits per heavy atom. The Kier molecular flexibility index (Phi) is 2.96. The van der Waals surface area contributed by atoms with Gasteiger partial charge in [0, 0.05) is 31.4 Å². The van der Waals surface area contributed by atoms with E-state index >= 15 is 0 Å². The summed E-state index contributed by atoms with van der Waals surface area (Å²) >= 11 is 0. The number of anilines is 1. The molecule has 0 spiro atoms. The van der Waals surface area contributed by atoms with Gasteiger partial charge in [0.25, 0.3) is 0 Å². The van der Waals surface area contributed by atoms with Gasteiger partial charge in [0.05, 0.1) is 5.56 Å². The highest BCUT2D eigenvalue weighted by Gasteiger charge is 2.31. The Bertz CT molecular complexity index is 466. The molecule has 1 saturated heterocycles. The van der Waals surface area contributed by atoms with E-state index in [2.05, 4.69) is 5.32 Å². The zero-order chi connectivity index (χ0) is 12.5. The summed E-state index contributed by atoms with van der Waals surface area (Å²) in [5.41, 5.74) is 2.65. The fourth-order valence-electron chi connectivity index (χ4n) is 3.03. The fraction of sp³-hybridized carbons (Fsp3) is 0.500. The maximum atomic E-state index is 11.0. The number of benzene rings is 1. The summed E-state index contributed by atoms with van der Waals surface area (Å²) < 4.78 is 5.39. The number of fused-ring (bicyclic) bond motifs is 1. The first-order chi connectivity index (χ1) is 8.75. The van der Waals surface area contributed by atoms with Crippen molar-refractivity contribution in [3.63, 3.8) is 0 Å². The van der Waals surface area contributed by atoms with Crippen LogP contribution in [0.2, 0.25) is 0 Å². The highest BCUT2D eigenvalue weighted by Crippen LogP contribution is 2.40. The molecule has 4 nitrogen and oxygen atoms in total. The second-order valence-electron chi connectivity index (χ2n) is 5.04. The van der Waals surface area contributed by atoms with Gasteiger partial charge < -0.3 is 15.2 Å². The number of ether oxygens (including phenoxy) is 1. The Labute approximate surface area is 106 Å². The zero-order valence-corrected chi connectivity index (χ0v) is 10.2. The van der Waals surface area contributed by atoms with E-state index < -0.39 is 5.97 Å². The summed E-state index contributed by atoms with van der Waals surface area (Å²) in [6.07, 6.45) is 2.15. The number of aromatic carboxylic acids is 1. The lowest BCUT2D eigenvalue weighted by Crippen LogP contribution is -2.23. The van der Waals surface area contributed by atoms with Crippen molar-refractivity contribution in [3.8, 4) is 0 Å². The van der Waals surface area contributed by atoms with E-state index in [1.165, 1.54) is 5.56 Å². The molecule has 4 heteroatoms. The topological polar surface area (TPSA) is 58.6 Å². The van der Waals surface area contributed by atoms with Gasteiger partial charge in [-0.2, -0.15) is 0 Å². The third kappa shape index (κ3) is 1.97. The molecule has 1 aromatic carbocycles. The maximum absolute atomic E-state index is 11.0. The molecular formula is C14H17NO3. The number of hydrogen-bond donors (Lipinski definition) is 2. The Hall–Kier alpha value is -1.55. The summed E-state index contributed by atoms with van der Waals surface area (Å²) in [5, 5.41) is 12.5. The third-order valence-corrected chi connectivity index (χ3v) is 4.05. The lowest BCUT2D eigenvalue weighted by molar-refractivity contribution is 0.0596. The molecule has 1 fully saturated rings. The number of hydrogen-bond acceptors (Lipinski definition) is 3.